The van der Waals surface area contributed by atoms with Crippen molar-refractivity contribution in [3.63, 3.8) is 0 Å². The number of aromatic nitrogens is 1. The summed E-state index contributed by atoms with van der Waals surface area (Å²) in [4.78, 5) is 4.02. The molecule has 0 amide bonds. The van der Waals surface area contributed by atoms with Crippen molar-refractivity contribution >= 4 is 19.4 Å². The van der Waals surface area contributed by atoms with Crippen LogP contribution in [0.2, 0.25) is 5.32 Å². The van der Waals surface area contributed by atoms with Gasteiger partial charge in [-0.3, -0.25) is 0 Å². The summed E-state index contributed by atoms with van der Waals surface area (Å²) in [6.45, 7) is 2.20. The summed E-state index contributed by atoms with van der Waals surface area (Å²) >= 11 is 0.647. The van der Waals surface area contributed by atoms with Crippen molar-refractivity contribution in [1.29, 1.82) is 0 Å². The van der Waals surface area contributed by atoms with Crippen LogP contribution in [0.25, 0.3) is 0 Å². The Morgan fingerprint density at radius 3 is 3.11 bits per heavy atom. The molecule has 0 spiro atoms. The Labute approximate surface area is 61.7 Å². The Morgan fingerprint density at radius 2 is 2.56 bits per heavy atom. The van der Waals surface area contributed by atoms with Crippen LogP contribution >= 0.6 is 0 Å². The van der Waals surface area contributed by atoms with E-state index in [0.29, 0.717) is 15.0 Å². The number of nitrogens with zero attached hydrogens (tertiary/aromatic N) is 1. The Bertz CT molecular complexity index is 162. The van der Waals surface area contributed by atoms with Crippen molar-refractivity contribution in [2.45, 2.75) is 12.2 Å². The molecule has 1 aromatic heterocycles. The number of pyridine rings is 1. The summed E-state index contributed by atoms with van der Waals surface area (Å²) in [5.74, 6) is 0. The molecule has 0 aromatic carbocycles. The molecule has 1 nitrogen and oxygen atoms in total. The first-order valence-electron chi connectivity index (χ1n) is 2.96. The van der Waals surface area contributed by atoms with Gasteiger partial charge in [-0.1, -0.05) is 0 Å². The third kappa shape index (κ3) is 2.17. The molecule has 0 atom stereocenters. The third-order valence-corrected chi connectivity index (χ3v) is 2.76. The van der Waals surface area contributed by atoms with Gasteiger partial charge < -0.3 is 0 Å². The molecule has 0 bridgehead atoms. The zero-order valence-electron chi connectivity index (χ0n) is 5.37. The zero-order valence-corrected chi connectivity index (χ0v) is 7.09. The van der Waals surface area contributed by atoms with Gasteiger partial charge in [0.25, 0.3) is 0 Å². The van der Waals surface area contributed by atoms with E-state index in [1.54, 1.807) is 0 Å². The first-order chi connectivity index (χ1) is 4.43. The molecule has 0 radical (unpaired) electrons. The van der Waals surface area contributed by atoms with Crippen LogP contribution in [-0.2, 0) is 0 Å². The van der Waals surface area contributed by atoms with Crippen molar-refractivity contribution in [1.82, 2.24) is 4.98 Å². The van der Waals surface area contributed by atoms with Gasteiger partial charge in [0, 0.05) is 0 Å². The van der Waals surface area contributed by atoms with Gasteiger partial charge in [0.2, 0.25) is 0 Å². The number of hydrogen-bond acceptors (Lipinski definition) is 1. The van der Waals surface area contributed by atoms with Crippen LogP contribution in [0, 0.1) is 0 Å². The van der Waals surface area contributed by atoms with Gasteiger partial charge >= 0.3 is 61.2 Å². The number of hydrogen-bond donors (Lipinski definition) is 0. The molecule has 0 unspecified atom stereocenters. The standard InChI is InChI=1S/C7H9NSe/c1-2-9-7-4-3-5-8-6-7/h3-6H,2H2,1H3. The second-order valence-corrected chi connectivity index (χ2v) is 4.43. The molecule has 0 saturated carbocycles. The summed E-state index contributed by atoms with van der Waals surface area (Å²) in [7, 11) is 0. The van der Waals surface area contributed by atoms with E-state index in [2.05, 4.69) is 18.0 Å². The first kappa shape index (κ1) is 6.78. The van der Waals surface area contributed by atoms with Crippen LogP contribution in [-0.4, -0.2) is 19.9 Å². The van der Waals surface area contributed by atoms with Crippen LogP contribution in [0.5, 0.6) is 0 Å². The monoisotopic (exact) mass is 187 g/mol. The summed E-state index contributed by atoms with van der Waals surface area (Å²) in [6, 6.07) is 4.13. The number of rotatable bonds is 2. The minimum absolute atomic E-state index is 0.647. The van der Waals surface area contributed by atoms with Crippen LogP contribution in [0.1, 0.15) is 6.92 Å². The van der Waals surface area contributed by atoms with Gasteiger partial charge in [0.15, 0.2) is 0 Å². The predicted octanol–water partition coefficient (Wildman–Crippen LogP) is 0.849. The first-order valence-corrected chi connectivity index (χ1v) is 5.03. The average Bonchev–Trinajstić information content (AvgIpc) is 1.91. The molecular weight excluding hydrogens is 177 g/mol. The Hall–Kier alpha value is -0.331. The summed E-state index contributed by atoms with van der Waals surface area (Å²) in [5.41, 5.74) is 0. The second-order valence-electron chi connectivity index (χ2n) is 1.62. The molecule has 0 aliphatic rings. The fourth-order valence-electron chi connectivity index (χ4n) is 0.599. The molecular formula is C7H9NSe. The van der Waals surface area contributed by atoms with Gasteiger partial charge in [-0.05, 0) is 0 Å². The van der Waals surface area contributed by atoms with E-state index < -0.39 is 0 Å². The molecule has 0 aliphatic carbocycles. The van der Waals surface area contributed by atoms with Crippen LogP contribution in [0.3, 0.4) is 0 Å². The molecule has 1 aromatic rings. The van der Waals surface area contributed by atoms with E-state index in [-0.39, 0.29) is 0 Å². The SMILES string of the molecule is CC[Se]c1cccnc1. The molecule has 0 saturated heterocycles. The summed E-state index contributed by atoms with van der Waals surface area (Å²) in [6.07, 6.45) is 3.76. The summed E-state index contributed by atoms with van der Waals surface area (Å²) in [5, 5.41) is 1.26. The van der Waals surface area contributed by atoms with Crippen molar-refractivity contribution in [2.24, 2.45) is 0 Å². The zero-order chi connectivity index (χ0) is 6.53. The average molecular weight is 186 g/mol. The van der Waals surface area contributed by atoms with Crippen LogP contribution in [0.4, 0.5) is 0 Å². The fraction of sp³-hybridized carbons (Fsp3) is 0.286. The maximum absolute atomic E-state index is 4.02. The van der Waals surface area contributed by atoms with E-state index in [1.807, 2.05) is 18.5 Å². The molecule has 0 fully saturated rings. The van der Waals surface area contributed by atoms with Crippen molar-refractivity contribution in [2.75, 3.05) is 0 Å². The Balaban J connectivity index is 2.61. The van der Waals surface area contributed by atoms with Crippen LogP contribution < -0.4 is 4.46 Å². The Morgan fingerprint density at radius 1 is 1.67 bits per heavy atom. The second kappa shape index (κ2) is 3.65. The summed E-state index contributed by atoms with van der Waals surface area (Å²) < 4.78 is 1.40. The topological polar surface area (TPSA) is 12.9 Å². The Kier molecular flexibility index (Phi) is 2.75. The van der Waals surface area contributed by atoms with Gasteiger partial charge in [-0.25, -0.2) is 0 Å². The van der Waals surface area contributed by atoms with E-state index in [4.69, 9.17) is 0 Å². The molecule has 2 heteroatoms. The quantitative estimate of drug-likeness (QED) is 0.624. The van der Waals surface area contributed by atoms with Gasteiger partial charge in [0.05, 0.1) is 0 Å². The molecule has 1 rings (SSSR count). The van der Waals surface area contributed by atoms with Gasteiger partial charge in [-0.15, -0.1) is 0 Å². The fourth-order valence-corrected chi connectivity index (χ4v) is 1.95. The maximum atomic E-state index is 4.02. The van der Waals surface area contributed by atoms with Gasteiger partial charge in [0.1, 0.15) is 0 Å². The van der Waals surface area contributed by atoms with Crippen molar-refractivity contribution in [3.8, 4) is 0 Å². The molecule has 1 heterocycles. The molecule has 48 valence electrons. The molecule has 9 heavy (non-hydrogen) atoms. The molecule has 0 aliphatic heterocycles. The van der Waals surface area contributed by atoms with Crippen molar-refractivity contribution in [3.05, 3.63) is 24.5 Å². The van der Waals surface area contributed by atoms with Gasteiger partial charge in [-0.2, -0.15) is 0 Å². The predicted molar refractivity (Wildman–Crippen MR) is 40.1 cm³/mol. The third-order valence-electron chi connectivity index (χ3n) is 0.945. The normalized spacial score (nSPS) is 9.44. The molecule has 0 N–H and O–H groups in total. The van der Waals surface area contributed by atoms with E-state index in [9.17, 15) is 0 Å². The van der Waals surface area contributed by atoms with E-state index in [1.165, 1.54) is 9.78 Å². The minimum atomic E-state index is 0.647. The van der Waals surface area contributed by atoms with Crippen molar-refractivity contribution < 1.29 is 0 Å². The van der Waals surface area contributed by atoms with E-state index in [0.717, 1.165) is 0 Å². The van der Waals surface area contributed by atoms with E-state index >= 15 is 0 Å². The van der Waals surface area contributed by atoms with Crippen LogP contribution in [0.15, 0.2) is 24.5 Å².